The Morgan fingerprint density at radius 1 is 1.00 bits per heavy atom. The normalized spacial score (nSPS) is 17.1. The number of ether oxygens (including phenoxy) is 2. The molecule has 6 rings (SSSR count). The molecule has 154 valence electrons. The number of aromatic nitrogens is 1. The minimum absolute atomic E-state index is 0.000511. The third kappa shape index (κ3) is 2.93. The summed E-state index contributed by atoms with van der Waals surface area (Å²) >= 11 is 3.55. The summed E-state index contributed by atoms with van der Waals surface area (Å²) in [5.41, 5.74) is 5.08. The molecule has 0 radical (unpaired) electrons. The lowest BCUT2D eigenvalue weighted by molar-refractivity contribution is 0.0691. The van der Waals surface area contributed by atoms with Gasteiger partial charge in [-0.05, 0) is 63.8 Å². The van der Waals surface area contributed by atoms with Crippen LogP contribution in [0.5, 0.6) is 11.5 Å². The first-order chi connectivity index (χ1) is 15.2. The molecule has 31 heavy (non-hydrogen) atoms. The van der Waals surface area contributed by atoms with Gasteiger partial charge in [-0.1, -0.05) is 36.4 Å². The number of nitrogens with one attached hydrogen (secondary N) is 1. The molecule has 0 saturated heterocycles. The zero-order chi connectivity index (χ0) is 20.9. The molecule has 0 saturated carbocycles. The minimum Gasteiger partial charge on any atom is -0.454 e. The van der Waals surface area contributed by atoms with E-state index in [0.29, 0.717) is 17.9 Å². The van der Waals surface area contributed by atoms with E-state index in [1.54, 1.807) is 0 Å². The van der Waals surface area contributed by atoms with Gasteiger partial charge < -0.3 is 19.4 Å². The standard InChI is InChI=1S/C25H19BrN2O3/c26-19-7-3-1-6-18(19)25(29)28-12-11-17-16-5-2-4-8-20(16)27-23(17)24(28)15-9-10-21-22(13-15)31-14-30-21/h1-10,13,24,27H,11-12,14H2. The molecular weight excluding hydrogens is 456 g/mol. The molecule has 5 nitrogen and oxygen atoms in total. The molecule has 1 amide bonds. The van der Waals surface area contributed by atoms with Crippen molar-refractivity contribution in [3.8, 4) is 11.5 Å². The first-order valence-electron chi connectivity index (χ1n) is 10.3. The number of H-pyrrole nitrogens is 1. The van der Waals surface area contributed by atoms with Gasteiger partial charge in [-0.2, -0.15) is 0 Å². The average molecular weight is 475 g/mol. The predicted octanol–water partition coefficient (Wildman–Crippen LogP) is 5.45. The number of aromatic amines is 1. The highest BCUT2D eigenvalue weighted by Crippen LogP contribution is 2.42. The zero-order valence-electron chi connectivity index (χ0n) is 16.6. The van der Waals surface area contributed by atoms with E-state index in [-0.39, 0.29) is 18.7 Å². The maximum Gasteiger partial charge on any atom is 0.255 e. The molecule has 2 aliphatic heterocycles. The van der Waals surface area contributed by atoms with E-state index in [0.717, 1.165) is 33.4 Å². The highest BCUT2D eigenvalue weighted by molar-refractivity contribution is 9.10. The first kappa shape index (κ1) is 18.5. The molecule has 0 bridgehead atoms. The largest absolute Gasteiger partial charge is 0.454 e. The number of benzene rings is 3. The third-order valence-electron chi connectivity index (χ3n) is 6.11. The lowest BCUT2D eigenvalue weighted by Crippen LogP contribution is -2.40. The van der Waals surface area contributed by atoms with Gasteiger partial charge in [0.2, 0.25) is 6.79 Å². The summed E-state index contributed by atoms with van der Waals surface area (Å²) < 4.78 is 11.9. The number of nitrogens with zero attached hydrogens (tertiary/aromatic N) is 1. The molecule has 2 aliphatic rings. The first-order valence-corrected chi connectivity index (χ1v) is 11.0. The molecule has 0 spiro atoms. The van der Waals surface area contributed by atoms with E-state index in [1.807, 2.05) is 53.4 Å². The molecule has 0 aliphatic carbocycles. The van der Waals surface area contributed by atoms with E-state index < -0.39 is 0 Å². The van der Waals surface area contributed by atoms with Crippen LogP contribution in [-0.4, -0.2) is 29.1 Å². The number of halogens is 1. The van der Waals surface area contributed by atoms with E-state index in [2.05, 4.69) is 39.1 Å². The SMILES string of the molecule is O=C(c1ccccc1Br)N1CCc2c([nH]c3ccccc23)C1c1ccc2c(c1)OCO2. The molecule has 4 aromatic rings. The van der Waals surface area contributed by atoms with Crippen LogP contribution in [0.1, 0.15) is 33.2 Å². The Bertz CT molecular complexity index is 1330. The molecule has 1 N–H and O–H groups in total. The van der Waals surface area contributed by atoms with Crippen molar-refractivity contribution in [2.24, 2.45) is 0 Å². The number of hydrogen-bond acceptors (Lipinski definition) is 3. The fraction of sp³-hybridized carbons (Fsp3) is 0.160. The van der Waals surface area contributed by atoms with Gasteiger partial charge in [0.25, 0.3) is 5.91 Å². The van der Waals surface area contributed by atoms with Crippen LogP contribution in [0.4, 0.5) is 0 Å². The van der Waals surface area contributed by atoms with Crippen molar-refractivity contribution >= 4 is 32.7 Å². The summed E-state index contributed by atoms with van der Waals surface area (Å²) in [6, 6.07) is 21.6. The van der Waals surface area contributed by atoms with Gasteiger partial charge in [0, 0.05) is 27.6 Å². The van der Waals surface area contributed by atoms with Gasteiger partial charge in [-0.25, -0.2) is 0 Å². The zero-order valence-corrected chi connectivity index (χ0v) is 18.2. The molecule has 1 unspecified atom stereocenters. The number of carbonyl (C=O) groups excluding carboxylic acids is 1. The second-order valence-electron chi connectivity index (χ2n) is 7.81. The fourth-order valence-electron chi connectivity index (χ4n) is 4.68. The summed E-state index contributed by atoms with van der Waals surface area (Å²) in [7, 11) is 0. The molecule has 6 heteroatoms. The van der Waals surface area contributed by atoms with Crippen LogP contribution < -0.4 is 9.47 Å². The van der Waals surface area contributed by atoms with Gasteiger partial charge >= 0.3 is 0 Å². The van der Waals surface area contributed by atoms with Gasteiger partial charge in [0.05, 0.1) is 11.6 Å². The lowest BCUT2D eigenvalue weighted by atomic mass is 9.91. The summed E-state index contributed by atoms with van der Waals surface area (Å²) in [6.45, 7) is 0.856. The van der Waals surface area contributed by atoms with Gasteiger partial charge in [0.1, 0.15) is 0 Å². The van der Waals surface area contributed by atoms with Crippen molar-refractivity contribution in [3.63, 3.8) is 0 Å². The molecule has 3 heterocycles. The summed E-state index contributed by atoms with van der Waals surface area (Å²) in [6.07, 6.45) is 0.802. The minimum atomic E-state index is -0.245. The van der Waals surface area contributed by atoms with Crippen molar-refractivity contribution in [3.05, 3.63) is 93.6 Å². The monoisotopic (exact) mass is 474 g/mol. The number of fused-ring (bicyclic) bond motifs is 4. The Morgan fingerprint density at radius 3 is 2.71 bits per heavy atom. The van der Waals surface area contributed by atoms with Crippen LogP contribution in [0.25, 0.3) is 10.9 Å². The van der Waals surface area contributed by atoms with Crippen LogP contribution in [0, 0.1) is 0 Å². The predicted molar refractivity (Wildman–Crippen MR) is 122 cm³/mol. The Hall–Kier alpha value is -3.25. The van der Waals surface area contributed by atoms with Crippen molar-refractivity contribution in [2.45, 2.75) is 12.5 Å². The van der Waals surface area contributed by atoms with Crippen molar-refractivity contribution in [1.82, 2.24) is 9.88 Å². The van der Waals surface area contributed by atoms with Crippen molar-refractivity contribution in [1.29, 1.82) is 0 Å². The van der Waals surface area contributed by atoms with E-state index >= 15 is 0 Å². The summed E-state index contributed by atoms with van der Waals surface area (Å²) in [5.74, 6) is 1.45. The Labute approximate surface area is 187 Å². The number of carbonyl (C=O) groups is 1. The highest BCUT2D eigenvalue weighted by atomic mass is 79.9. The maximum absolute atomic E-state index is 13.7. The Kier molecular flexibility index (Phi) is 4.28. The third-order valence-corrected chi connectivity index (χ3v) is 6.80. The number of rotatable bonds is 2. The topological polar surface area (TPSA) is 54.6 Å². The summed E-state index contributed by atoms with van der Waals surface area (Å²) in [5, 5.41) is 1.22. The van der Waals surface area contributed by atoms with Crippen molar-refractivity contribution in [2.75, 3.05) is 13.3 Å². The molecule has 1 atom stereocenters. The smallest absolute Gasteiger partial charge is 0.255 e. The van der Waals surface area contributed by atoms with E-state index in [1.165, 1.54) is 10.9 Å². The van der Waals surface area contributed by atoms with Crippen molar-refractivity contribution < 1.29 is 14.3 Å². The van der Waals surface area contributed by atoms with Crippen LogP contribution in [-0.2, 0) is 6.42 Å². The number of para-hydroxylation sites is 1. The highest BCUT2D eigenvalue weighted by Gasteiger charge is 2.36. The van der Waals surface area contributed by atoms with Gasteiger partial charge in [-0.3, -0.25) is 4.79 Å². The lowest BCUT2D eigenvalue weighted by Gasteiger charge is -2.36. The van der Waals surface area contributed by atoms with Crippen LogP contribution >= 0.6 is 15.9 Å². The fourth-order valence-corrected chi connectivity index (χ4v) is 5.13. The number of amides is 1. The van der Waals surface area contributed by atoms with Gasteiger partial charge in [-0.15, -0.1) is 0 Å². The molecular formula is C25H19BrN2O3. The quantitative estimate of drug-likeness (QED) is 0.420. The van der Waals surface area contributed by atoms with Crippen LogP contribution in [0.15, 0.2) is 71.2 Å². The molecule has 1 aromatic heterocycles. The molecule has 0 fully saturated rings. The van der Waals surface area contributed by atoms with Crippen LogP contribution in [0.3, 0.4) is 0 Å². The van der Waals surface area contributed by atoms with Gasteiger partial charge in [0.15, 0.2) is 11.5 Å². The van der Waals surface area contributed by atoms with E-state index in [4.69, 9.17) is 9.47 Å². The Balaban J connectivity index is 1.53. The number of hydrogen-bond donors (Lipinski definition) is 1. The second kappa shape index (κ2) is 7.17. The average Bonchev–Trinajstić information content (AvgIpc) is 3.42. The van der Waals surface area contributed by atoms with E-state index in [9.17, 15) is 4.79 Å². The second-order valence-corrected chi connectivity index (χ2v) is 8.66. The van der Waals surface area contributed by atoms with Crippen LogP contribution in [0.2, 0.25) is 0 Å². The maximum atomic E-state index is 13.7. The Morgan fingerprint density at radius 2 is 1.81 bits per heavy atom. The molecule has 3 aromatic carbocycles. The summed E-state index contributed by atoms with van der Waals surface area (Å²) in [4.78, 5) is 19.2.